The highest BCUT2D eigenvalue weighted by atomic mass is 19.1. The van der Waals surface area contributed by atoms with Crippen LogP contribution in [0.5, 0.6) is 0 Å². The van der Waals surface area contributed by atoms with Crippen molar-refractivity contribution in [2.75, 3.05) is 17.6 Å². The highest BCUT2D eigenvalue weighted by molar-refractivity contribution is 5.76. The third kappa shape index (κ3) is 4.52. The molecule has 0 fully saturated rings. The first-order chi connectivity index (χ1) is 8.52. The van der Waals surface area contributed by atoms with E-state index in [0.717, 1.165) is 12.6 Å². The average molecular weight is 255 g/mol. The van der Waals surface area contributed by atoms with Gasteiger partial charge in [-0.05, 0) is 13.3 Å². The molecule has 4 N–H and O–H groups in total. The molecule has 1 atom stereocenters. The van der Waals surface area contributed by atoms with E-state index in [0.29, 0.717) is 0 Å². The Balaban J connectivity index is 2.37. The molecule has 1 aromatic rings. The first kappa shape index (κ1) is 14.1. The lowest BCUT2D eigenvalue weighted by Gasteiger charge is -2.11. The predicted molar refractivity (Wildman–Crippen MR) is 67.4 cm³/mol. The number of hydrogen-bond acceptors (Lipinski definition) is 5. The lowest BCUT2D eigenvalue weighted by molar-refractivity contribution is -0.121. The topological polar surface area (TPSA) is 92.9 Å². The van der Waals surface area contributed by atoms with Crippen LogP contribution in [0.15, 0.2) is 6.20 Å². The van der Waals surface area contributed by atoms with Crippen molar-refractivity contribution in [3.05, 3.63) is 12.0 Å². The highest BCUT2D eigenvalue weighted by Crippen LogP contribution is 2.09. The Labute approximate surface area is 105 Å². The molecule has 0 bridgehead atoms. The van der Waals surface area contributed by atoms with E-state index in [4.69, 9.17) is 5.73 Å². The van der Waals surface area contributed by atoms with Crippen LogP contribution in [-0.2, 0) is 4.79 Å². The number of nitrogens with two attached hydrogens (primary N) is 1. The van der Waals surface area contributed by atoms with Crippen LogP contribution in [0.1, 0.15) is 26.7 Å². The Morgan fingerprint density at radius 1 is 1.61 bits per heavy atom. The fourth-order valence-electron chi connectivity index (χ4n) is 1.25. The van der Waals surface area contributed by atoms with Gasteiger partial charge in [0.05, 0.1) is 6.20 Å². The summed E-state index contributed by atoms with van der Waals surface area (Å²) in [6.45, 7) is 4.20. The summed E-state index contributed by atoms with van der Waals surface area (Å²) in [4.78, 5) is 18.7. The highest BCUT2D eigenvalue weighted by Gasteiger charge is 2.07. The number of carbonyl (C=O) groups is 1. The third-order valence-corrected chi connectivity index (χ3v) is 2.43. The van der Waals surface area contributed by atoms with E-state index < -0.39 is 5.82 Å². The molecule has 18 heavy (non-hydrogen) atoms. The molecule has 1 amide bonds. The second-order valence-electron chi connectivity index (χ2n) is 3.98. The number of amides is 1. The molecule has 0 aliphatic carbocycles. The molecule has 1 rings (SSSR count). The fourth-order valence-corrected chi connectivity index (χ4v) is 1.25. The van der Waals surface area contributed by atoms with Crippen LogP contribution in [0.4, 0.5) is 16.2 Å². The average Bonchev–Trinajstić information content (AvgIpc) is 2.33. The summed E-state index contributed by atoms with van der Waals surface area (Å²) in [6, 6.07) is 0.143. The van der Waals surface area contributed by atoms with Gasteiger partial charge in [0.25, 0.3) is 0 Å². The number of halogens is 1. The van der Waals surface area contributed by atoms with Crippen LogP contribution >= 0.6 is 0 Å². The summed E-state index contributed by atoms with van der Waals surface area (Å²) >= 11 is 0. The lowest BCUT2D eigenvalue weighted by atomic mass is 10.2. The molecule has 0 radical (unpaired) electrons. The Kier molecular flexibility index (Phi) is 5.29. The van der Waals surface area contributed by atoms with Crippen molar-refractivity contribution in [3.8, 4) is 0 Å². The largest absolute Gasteiger partial charge is 0.368 e. The van der Waals surface area contributed by atoms with Crippen molar-refractivity contribution < 1.29 is 9.18 Å². The summed E-state index contributed by atoms with van der Waals surface area (Å²) in [5.74, 6) is -0.674. The van der Waals surface area contributed by atoms with Crippen molar-refractivity contribution >= 4 is 17.7 Å². The van der Waals surface area contributed by atoms with Crippen molar-refractivity contribution in [2.24, 2.45) is 0 Å². The Morgan fingerprint density at radius 3 is 3.00 bits per heavy atom. The Hall–Kier alpha value is -1.92. The van der Waals surface area contributed by atoms with Gasteiger partial charge in [-0.15, -0.1) is 0 Å². The molecule has 1 unspecified atom stereocenters. The van der Waals surface area contributed by atoms with Crippen LogP contribution in [-0.4, -0.2) is 28.5 Å². The summed E-state index contributed by atoms with van der Waals surface area (Å²) < 4.78 is 13.2. The van der Waals surface area contributed by atoms with Gasteiger partial charge in [0.15, 0.2) is 11.6 Å². The minimum absolute atomic E-state index is 0.0112. The zero-order chi connectivity index (χ0) is 13.5. The molecule has 1 heterocycles. The maximum atomic E-state index is 13.2. The third-order valence-electron chi connectivity index (χ3n) is 2.43. The number of nitrogen functional groups attached to an aromatic ring is 1. The van der Waals surface area contributed by atoms with Gasteiger partial charge in [-0.2, -0.15) is 4.98 Å². The maximum Gasteiger partial charge on any atom is 0.222 e. The minimum atomic E-state index is -0.591. The van der Waals surface area contributed by atoms with Gasteiger partial charge in [0.2, 0.25) is 11.9 Å². The van der Waals surface area contributed by atoms with Gasteiger partial charge < -0.3 is 16.4 Å². The van der Waals surface area contributed by atoms with Gasteiger partial charge in [-0.1, -0.05) is 6.92 Å². The number of anilines is 2. The lowest BCUT2D eigenvalue weighted by Crippen LogP contribution is -2.33. The number of hydrogen-bond donors (Lipinski definition) is 3. The molecular formula is C11H18FN5O. The second kappa shape index (κ2) is 6.73. The molecule has 0 saturated heterocycles. The van der Waals surface area contributed by atoms with Crippen LogP contribution in [0.25, 0.3) is 0 Å². The van der Waals surface area contributed by atoms with Gasteiger partial charge in [0.1, 0.15) is 0 Å². The number of nitrogens with one attached hydrogen (secondary N) is 2. The maximum absolute atomic E-state index is 13.2. The van der Waals surface area contributed by atoms with Gasteiger partial charge in [-0.25, -0.2) is 9.37 Å². The molecule has 0 aliphatic rings. The van der Waals surface area contributed by atoms with E-state index >= 15 is 0 Å². The van der Waals surface area contributed by atoms with E-state index in [9.17, 15) is 9.18 Å². The van der Waals surface area contributed by atoms with Crippen molar-refractivity contribution in [1.29, 1.82) is 0 Å². The van der Waals surface area contributed by atoms with Gasteiger partial charge in [0, 0.05) is 19.0 Å². The van der Waals surface area contributed by atoms with Crippen molar-refractivity contribution in [2.45, 2.75) is 32.7 Å². The molecule has 0 saturated carbocycles. The zero-order valence-electron chi connectivity index (χ0n) is 10.5. The smallest absolute Gasteiger partial charge is 0.222 e. The van der Waals surface area contributed by atoms with Crippen LogP contribution in [0, 0.1) is 5.82 Å². The molecule has 0 spiro atoms. The predicted octanol–water partition coefficient (Wildman–Crippen LogP) is 0.915. The monoisotopic (exact) mass is 255 g/mol. The van der Waals surface area contributed by atoms with Crippen LogP contribution in [0.2, 0.25) is 0 Å². The summed E-state index contributed by atoms with van der Waals surface area (Å²) in [7, 11) is 0. The molecule has 0 aromatic carbocycles. The zero-order valence-corrected chi connectivity index (χ0v) is 10.5. The van der Waals surface area contributed by atoms with Crippen molar-refractivity contribution in [1.82, 2.24) is 15.3 Å². The van der Waals surface area contributed by atoms with Crippen LogP contribution in [0.3, 0.4) is 0 Å². The summed E-state index contributed by atoms with van der Waals surface area (Å²) in [5.41, 5.74) is 5.33. The SMILES string of the molecule is CCC(C)NC(=O)CCNc1nc(N)ncc1F. The Bertz CT molecular complexity index is 412. The molecule has 0 aliphatic heterocycles. The van der Waals surface area contributed by atoms with E-state index in [-0.39, 0.29) is 36.7 Å². The standard InChI is InChI=1S/C11H18FN5O/c1-3-7(2)16-9(18)4-5-14-10-8(12)6-15-11(13)17-10/h6-7H,3-5H2,1-2H3,(H,16,18)(H3,13,14,15,17). The summed E-state index contributed by atoms with van der Waals surface area (Å²) in [5, 5.41) is 5.52. The van der Waals surface area contributed by atoms with Gasteiger partial charge >= 0.3 is 0 Å². The first-order valence-electron chi connectivity index (χ1n) is 5.84. The normalized spacial score (nSPS) is 11.9. The molecule has 7 heteroatoms. The number of aromatic nitrogens is 2. The molecular weight excluding hydrogens is 237 g/mol. The van der Waals surface area contributed by atoms with E-state index in [1.807, 2.05) is 13.8 Å². The van der Waals surface area contributed by atoms with Crippen LogP contribution < -0.4 is 16.4 Å². The molecule has 1 aromatic heterocycles. The summed E-state index contributed by atoms with van der Waals surface area (Å²) in [6.07, 6.45) is 2.10. The first-order valence-corrected chi connectivity index (χ1v) is 5.84. The van der Waals surface area contributed by atoms with Crippen molar-refractivity contribution in [3.63, 3.8) is 0 Å². The van der Waals surface area contributed by atoms with E-state index in [1.54, 1.807) is 0 Å². The minimum Gasteiger partial charge on any atom is -0.368 e. The number of carbonyl (C=O) groups excluding carboxylic acids is 1. The fraction of sp³-hybridized carbons (Fsp3) is 0.545. The molecule has 6 nitrogen and oxygen atoms in total. The quantitative estimate of drug-likeness (QED) is 0.702. The van der Waals surface area contributed by atoms with Gasteiger partial charge in [-0.3, -0.25) is 4.79 Å². The van der Waals surface area contributed by atoms with E-state index in [1.165, 1.54) is 0 Å². The number of nitrogens with zero attached hydrogens (tertiary/aromatic N) is 2. The van der Waals surface area contributed by atoms with E-state index in [2.05, 4.69) is 20.6 Å². The molecule has 100 valence electrons. The number of rotatable bonds is 6. The second-order valence-corrected chi connectivity index (χ2v) is 3.98. The Morgan fingerprint density at radius 2 is 2.33 bits per heavy atom.